The summed E-state index contributed by atoms with van der Waals surface area (Å²) in [7, 11) is 0. The molecule has 2 unspecified atom stereocenters. The third-order valence-electron chi connectivity index (χ3n) is 4.66. The van der Waals surface area contributed by atoms with Gasteiger partial charge in [-0.15, -0.1) is 0 Å². The molecule has 1 fully saturated rings. The van der Waals surface area contributed by atoms with Crippen molar-refractivity contribution in [2.75, 3.05) is 0 Å². The van der Waals surface area contributed by atoms with Crippen molar-refractivity contribution < 1.29 is 17.6 Å². The second kappa shape index (κ2) is 5.95. The van der Waals surface area contributed by atoms with Gasteiger partial charge in [0.2, 0.25) is 0 Å². The van der Waals surface area contributed by atoms with Crippen molar-refractivity contribution in [3.63, 3.8) is 0 Å². The van der Waals surface area contributed by atoms with Crippen LogP contribution in [0.1, 0.15) is 56.6 Å². The molecule has 1 aromatic rings. The Balaban J connectivity index is 2.32. The van der Waals surface area contributed by atoms with Crippen molar-refractivity contribution in [2.45, 2.75) is 57.2 Å². The van der Waals surface area contributed by atoms with E-state index in [-0.39, 0.29) is 0 Å². The van der Waals surface area contributed by atoms with E-state index < -0.39 is 23.1 Å². The van der Waals surface area contributed by atoms with E-state index in [2.05, 4.69) is 6.92 Å². The monoisotopic (exact) mass is 303 g/mol. The molecule has 0 saturated heterocycles. The highest BCUT2D eigenvalue weighted by Crippen LogP contribution is 2.39. The van der Waals surface area contributed by atoms with E-state index in [0.717, 1.165) is 37.8 Å². The van der Waals surface area contributed by atoms with Crippen LogP contribution >= 0.6 is 0 Å². The van der Waals surface area contributed by atoms with Gasteiger partial charge in [-0.3, -0.25) is 0 Å². The van der Waals surface area contributed by atoms with E-state index in [4.69, 9.17) is 5.73 Å². The first kappa shape index (κ1) is 16.3. The number of hydrogen-bond donors (Lipinski definition) is 1. The van der Waals surface area contributed by atoms with Gasteiger partial charge in [-0.05, 0) is 42.9 Å². The molecule has 21 heavy (non-hydrogen) atoms. The van der Waals surface area contributed by atoms with Gasteiger partial charge in [0.05, 0.1) is 5.56 Å². The van der Waals surface area contributed by atoms with Crippen LogP contribution in [0.2, 0.25) is 0 Å². The molecule has 0 spiro atoms. The average Bonchev–Trinajstić information content (AvgIpc) is 2.60. The van der Waals surface area contributed by atoms with E-state index in [1.165, 1.54) is 6.07 Å². The zero-order valence-electron chi connectivity index (χ0n) is 12.1. The Hall–Kier alpha value is -1.10. The molecule has 0 amide bonds. The molecule has 1 aromatic carbocycles. The molecule has 0 radical (unpaired) electrons. The van der Waals surface area contributed by atoms with Gasteiger partial charge in [0.25, 0.3) is 0 Å². The lowest BCUT2D eigenvalue weighted by atomic mass is 9.82. The summed E-state index contributed by atoms with van der Waals surface area (Å²) >= 11 is 0. The molecule has 0 heterocycles. The zero-order chi connectivity index (χ0) is 15.7. The highest BCUT2D eigenvalue weighted by molar-refractivity contribution is 5.32. The second-order valence-electron chi connectivity index (χ2n) is 6.05. The minimum Gasteiger partial charge on any atom is -0.321 e. The molecular formula is C16H21F4N. The van der Waals surface area contributed by atoms with E-state index in [9.17, 15) is 17.6 Å². The second-order valence-corrected chi connectivity index (χ2v) is 6.05. The number of alkyl halides is 3. The standard InChI is InChI=1S/C16H21F4N/c1-2-11-4-3-8-15(21,9-7-11)12-5-6-14(17)13(10-12)16(18,19)20/h5-6,10-11H,2-4,7-9,21H2,1H3. The maximum Gasteiger partial charge on any atom is 0.419 e. The minimum absolute atomic E-state index is 0.396. The Labute approximate surface area is 122 Å². The van der Waals surface area contributed by atoms with Crippen LogP contribution in [0.25, 0.3) is 0 Å². The van der Waals surface area contributed by atoms with Crippen molar-refractivity contribution in [3.05, 3.63) is 35.1 Å². The van der Waals surface area contributed by atoms with Crippen LogP contribution < -0.4 is 5.73 Å². The first-order valence-electron chi connectivity index (χ1n) is 7.42. The molecule has 0 aliphatic heterocycles. The summed E-state index contributed by atoms with van der Waals surface area (Å²) in [5.74, 6) is -0.659. The Morgan fingerprint density at radius 2 is 1.95 bits per heavy atom. The molecule has 1 saturated carbocycles. The molecule has 1 aliphatic carbocycles. The Bertz CT molecular complexity index is 498. The summed E-state index contributed by atoms with van der Waals surface area (Å²) in [6.45, 7) is 2.12. The molecule has 2 rings (SSSR count). The van der Waals surface area contributed by atoms with Gasteiger partial charge in [0.1, 0.15) is 5.82 Å². The average molecular weight is 303 g/mol. The summed E-state index contributed by atoms with van der Waals surface area (Å²) in [5.41, 5.74) is 4.76. The van der Waals surface area contributed by atoms with Crippen LogP contribution in [-0.4, -0.2) is 0 Å². The van der Waals surface area contributed by atoms with Crippen LogP contribution in [0.3, 0.4) is 0 Å². The van der Waals surface area contributed by atoms with Gasteiger partial charge in [0.15, 0.2) is 0 Å². The van der Waals surface area contributed by atoms with Crippen LogP contribution in [0.5, 0.6) is 0 Å². The summed E-state index contributed by atoms with van der Waals surface area (Å²) < 4.78 is 51.9. The Morgan fingerprint density at radius 3 is 2.57 bits per heavy atom. The predicted molar refractivity (Wildman–Crippen MR) is 74.1 cm³/mol. The van der Waals surface area contributed by atoms with Crippen molar-refractivity contribution in [1.29, 1.82) is 0 Å². The minimum atomic E-state index is -4.69. The van der Waals surface area contributed by atoms with Gasteiger partial charge >= 0.3 is 6.18 Å². The van der Waals surface area contributed by atoms with Crippen molar-refractivity contribution in [2.24, 2.45) is 11.7 Å². The van der Waals surface area contributed by atoms with Crippen molar-refractivity contribution >= 4 is 0 Å². The summed E-state index contributed by atoms with van der Waals surface area (Å²) in [5, 5.41) is 0. The van der Waals surface area contributed by atoms with Crippen LogP contribution in [0.15, 0.2) is 18.2 Å². The lowest BCUT2D eigenvalue weighted by Gasteiger charge is -2.29. The Kier molecular flexibility index (Phi) is 4.61. The summed E-state index contributed by atoms with van der Waals surface area (Å²) in [6.07, 6.45) is 0.531. The van der Waals surface area contributed by atoms with Gasteiger partial charge < -0.3 is 5.73 Å². The van der Waals surface area contributed by atoms with Crippen molar-refractivity contribution in [3.8, 4) is 0 Å². The summed E-state index contributed by atoms with van der Waals surface area (Å²) in [6, 6.07) is 3.17. The molecule has 2 N–H and O–H groups in total. The van der Waals surface area contributed by atoms with Crippen LogP contribution in [0.4, 0.5) is 17.6 Å². The van der Waals surface area contributed by atoms with Crippen LogP contribution in [0, 0.1) is 11.7 Å². The third-order valence-corrected chi connectivity index (χ3v) is 4.66. The fourth-order valence-corrected chi connectivity index (χ4v) is 3.19. The predicted octanol–water partition coefficient (Wildman–Crippen LogP) is 4.99. The Morgan fingerprint density at radius 1 is 1.24 bits per heavy atom. The highest BCUT2D eigenvalue weighted by atomic mass is 19.4. The summed E-state index contributed by atoms with van der Waals surface area (Å²) in [4.78, 5) is 0. The number of rotatable bonds is 2. The molecule has 118 valence electrons. The quantitative estimate of drug-likeness (QED) is 0.604. The number of nitrogens with two attached hydrogens (primary N) is 1. The fourth-order valence-electron chi connectivity index (χ4n) is 3.19. The lowest BCUT2D eigenvalue weighted by Crippen LogP contribution is -2.36. The largest absolute Gasteiger partial charge is 0.419 e. The maximum absolute atomic E-state index is 13.4. The maximum atomic E-state index is 13.4. The highest BCUT2D eigenvalue weighted by Gasteiger charge is 2.37. The van der Waals surface area contributed by atoms with E-state index in [1.54, 1.807) is 0 Å². The molecule has 0 bridgehead atoms. The zero-order valence-corrected chi connectivity index (χ0v) is 12.1. The third kappa shape index (κ3) is 3.57. The number of halogens is 4. The first-order valence-corrected chi connectivity index (χ1v) is 7.42. The van der Waals surface area contributed by atoms with Gasteiger partial charge in [0, 0.05) is 5.54 Å². The lowest BCUT2D eigenvalue weighted by molar-refractivity contribution is -0.140. The molecule has 5 heteroatoms. The van der Waals surface area contributed by atoms with E-state index in [1.807, 2.05) is 0 Å². The molecule has 0 aromatic heterocycles. The molecule has 1 aliphatic rings. The van der Waals surface area contributed by atoms with Gasteiger partial charge in [-0.2, -0.15) is 13.2 Å². The SMILES string of the molecule is CCC1CCCC(N)(c2ccc(F)c(C(F)(F)F)c2)CC1. The fraction of sp³-hybridized carbons (Fsp3) is 0.625. The van der Waals surface area contributed by atoms with Gasteiger partial charge in [-0.25, -0.2) is 4.39 Å². The number of benzene rings is 1. The first-order chi connectivity index (χ1) is 9.76. The molecular weight excluding hydrogens is 282 g/mol. The molecule has 2 atom stereocenters. The smallest absolute Gasteiger partial charge is 0.321 e. The topological polar surface area (TPSA) is 26.0 Å². The van der Waals surface area contributed by atoms with E-state index in [0.29, 0.717) is 24.3 Å². The van der Waals surface area contributed by atoms with E-state index >= 15 is 0 Å². The van der Waals surface area contributed by atoms with Crippen LogP contribution in [-0.2, 0) is 11.7 Å². The van der Waals surface area contributed by atoms with Crippen molar-refractivity contribution in [1.82, 2.24) is 0 Å². The number of hydrogen-bond acceptors (Lipinski definition) is 1. The molecule has 1 nitrogen and oxygen atoms in total. The normalized spacial score (nSPS) is 27.4. The van der Waals surface area contributed by atoms with Gasteiger partial charge in [-0.1, -0.05) is 32.3 Å².